The molecule has 0 radical (unpaired) electrons. The summed E-state index contributed by atoms with van der Waals surface area (Å²) in [5, 5.41) is 23.2. The largest absolute Gasteiger partial charge is 2.00 e. The van der Waals surface area contributed by atoms with E-state index < -0.39 is 5.54 Å². The van der Waals surface area contributed by atoms with E-state index in [1.54, 1.807) is 0 Å². The summed E-state index contributed by atoms with van der Waals surface area (Å²) in [6.45, 7) is 20.0. The van der Waals surface area contributed by atoms with Crippen molar-refractivity contribution in [3.63, 3.8) is 0 Å². The molecule has 4 aromatic rings. The molecule has 4 rings (SSSR count). The fourth-order valence-electron chi connectivity index (χ4n) is 4.53. The van der Waals surface area contributed by atoms with Gasteiger partial charge >= 0.3 is 26.2 Å². The Hall–Kier alpha value is -3.06. The van der Waals surface area contributed by atoms with Gasteiger partial charge in [0, 0.05) is 37.0 Å². The summed E-state index contributed by atoms with van der Waals surface area (Å²) in [7, 11) is 3.98. The minimum Gasteiger partial charge on any atom is -0.377 e. The first-order valence-electron chi connectivity index (χ1n) is 14.7. The van der Waals surface area contributed by atoms with Gasteiger partial charge in [0.05, 0.1) is 22.5 Å². The molecule has 0 spiro atoms. The predicted octanol–water partition coefficient (Wildman–Crippen LogP) is 9.68. The van der Waals surface area contributed by atoms with Crippen LogP contribution in [0.15, 0.2) is 66.7 Å². The number of hydrogen-bond donors (Lipinski definition) is 2. The Labute approximate surface area is 298 Å². The van der Waals surface area contributed by atoms with E-state index in [9.17, 15) is 10.4 Å². The summed E-state index contributed by atoms with van der Waals surface area (Å²) in [4.78, 5) is 11.3. The van der Waals surface area contributed by atoms with E-state index in [4.69, 9.17) is 4.98 Å². The standard InChI is InChI=1S/C19H27N3O.C17H22N2O.2CH3.Zr/c1-13-8-9-14(2)16(10-13)17-11-15(21(6)7)12-18(20-17)22(23)19(3,4)5;1-12-9-13(2)11-14(10-12)15-7-6-8-16(18-15)19(20)17(3,4)5;;;/h8-12,23H,1-7H3;6-11,20H,1-5H3;2*1H3;/q;;2*-1;+2. The molecule has 0 atom stereocenters. The molecule has 8 heteroatoms. The van der Waals surface area contributed by atoms with E-state index >= 15 is 0 Å². The van der Waals surface area contributed by atoms with Crippen molar-refractivity contribution in [2.24, 2.45) is 0 Å². The number of anilines is 3. The van der Waals surface area contributed by atoms with Gasteiger partial charge in [0.2, 0.25) is 0 Å². The second-order valence-corrected chi connectivity index (χ2v) is 13.5. The summed E-state index contributed by atoms with van der Waals surface area (Å²) in [5.74, 6) is 1.12. The maximum Gasteiger partial charge on any atom is 2.00 e. The molecule has 248 valence electrons. The third-order valence-corrected chi connectivity index (χ3v) is 6.94. The van der Waals surface area contributed by atoms with Gasteiger partial charge < -0.3 is 19.8 Å². The first kappa shape index (κ1) is 42.9. The Balaban J connectivity index is 0.000000833. The van der Waals surface area contributed by atoms with Gasteiger partial charge in [0.25, 0.3) is 0 Å². The van der Waals surface area contributed by atoms with E-state index in [0.29, 0.717) is 11.6 Å². The van der Waals surface area contributed by atoms with Gasteiger partial charge in [-0.15, -0.1) is 0 Å². The molecule has 2 heterocycles. The van der Waals surface area contributed by atoms with Gasteiger partial charge in [-0.25, -0.2) is 20.1 Å². The van der Waals surface area contributed by atoms with Crippen LogP contribution >= 0.6 is 0 Å². The molecule has 0 aliphatic heterocycles. The Bertz CT molecular complexity index is 1540. The van der Waals surface area contributed by atoms with Crippen LogP contribution in [0.4, 0.5) is 17.3 Å². The number of rotatable bonds is 5. The van der Waals surface area contributed by atoms with Crippen LogP contribution in [0.25, 0.3) is 22.5 Å². The van der Waals surface area contributed by atoms with Gasteiger partial charge in [-0.05, 0) is 111 Å². The van der Waals surface area contributed by atoms with Crippen LogP contribution < -0.4 is 15.0 Å². The molecule has 2 aromatic heterocycles. The van der Waals surface area contributed by atoms with Crippen LogP contribution in [-0.2, 0) is 26.2 Å². The first-order valence-corrected chi connectivity index (χ1v) is 14.7. The topological polar surface area (TPSA) is 76.0 Å². The smallest absolute Gasteiger partial charge is 0.377 e. The van der Waals surface area contributed by atoms with Crippen LogP contribution in [0.1, 0.15) is 63.8 Å². The molecular formula is C38H55N5O2Zr. The predicted molar refractivity (Wildman–Crippen MR) is 193 cm³/mol. The zero-order valence-corrected chi connectivity index (χ0v) is 32.9. The molecular weight excluding hydrogens is 650 g/mol. The van der Waals surface area contributed by atoms with Gasteiger partial charge in [0.1, 0.15) is 0 Å². The van der Waals surface area contributed by atoms with Crippen molar-refractivity contribution >= 4 is 17.3 Å². The summed E-state index contributed by atoms with van der Waals surface area (Å²) < 4.78 is 0. The Morgan fingerprint density at radius 2 is 1.11 bits per heavy atom. The third kappa shape index (κ3) is 11.3. The number of nitrogens with zero attached hydrogens (tertiary/aromatic N) is 5. The van der Waals surface area contributed by atoms with Crippen molar-refractivity contribution in [2.45, 2.75) is 80.3 Å². The molecule has 0 aliphatic carbocycles. The number of aromatic nitrogens is 2. The number of pyridine rings is 2. The van der Waals surface area contributed by atoms with Crippen LogP contribution in [-0.4, -0.2) is 45.6 Å². The molecule has 0 saturated heterocycles. The minimum absolute atomic E-state index is 0. The number of hydroxylamine groups is 2. The molecule has 0 unspecified atom stereocenters. The van der Waals surface area contributed by atoms with Crippen LogP contribution in [0, 0.1) is 42.5 Å². The molecule has 46 heavy (non-hydrogen) atoms. The van der Waals surface area contributed by atoms with E-state index in [-0.39, 0.29) is 46.6 Å². The van der Waals surface area contributed by atoms with Crippen molar-refractivity contribution in [3.8, 4) is 22.5 Å². The van der Waals surface area contributed by atoms with Crippen LogP contribution in [0.2, 0.25) is 0 Å². The average Bonchev–Trinajstić information content (AvgIpc) is 2.92. The zero-order chi connectivity index (χ0) is 32.3. The summed E-state index contributed by atoms with van der Waals surface area (Å²) >= 11 is 0. The molecule has 2 N–H and O–H groups in total. The molecule has 0 fully saturated rings. The van der Waals surface area contributed by atoms with Gasteiger partial charge in [-0.3, -0.25) is 10.4 Å². The van der Waals surface area contributed by atoms with E-state index in [1.807, 2.05) is 84.8 Å². The van der Waals surface area contributed by atoms with Gasteiger partial charge in [0.15, 0.2) is 11.6 Å². The van der Waals surface area contributed by atoms with Crippen molar-refractivity contribution < 1.29 is 36.6 Å². The monoisotopic (exact) mass is 703 g/mol. The molecule has 0 saturated carbocycles. The van der Waals surface area contributed by atoms with Crippen molar-refractivity contribution in [2.75, 3.05) is 29.1 Å². The normalized spacial score (nSPS) is 10.7. The zero-order valence-electron chi connectivity index (χ0n) is 30.5. The molecule has 2 aromatic carbocycles. The second kappa shape index (κ2) is 17.2. The molecule has 0 amide bonds. The number of hydrogen-bond acceptors (Lipinski definition) is 7. The summed E-state index contributed by atoms with van der Waals surface area (Å²) in [6.07, 6.45) is 0. The first-order chi connectivity index (χ1) is 19.9. The number of benzene rings is 2. The van der Waals surface area contributed by atoms with Crippen molar-refractivity contribution in [1.82, 2.24) is 9.97 Å². The summed E-state index contributed by atoms with van der Waals surface area (Å²) in [5.41, 5.74) is 8.91. The van der Waals surface area contributed by atoms with Crippen LogP contribution in [0.3, 0.4) is 0 Å². The minimum atomic E-state index is -0.420. The Morgan fingerprint density at radius 3 is 1.63 bits per heavy atom. The SMILES string of the molecule is Cc1cc(C)cc(-c2cccc(N(O)C(C)(C)C)n2)c1.Cc1ccc(C)c(-c2cc(N(C)C)cc(N(O)C(C)(C)C)n2)c1.[CH3-].[CH3-].[Zr+2]. The van der Waals surface area contributed by atoms with Crippen molar-refractivity contribution in [3.05, 3.63) is 104 Å². The quantitative estimate of drug-likeness (QED) is 0.158. The average molecular weight is 705 g/mol. The van der Waals surface area contributed by atoms with E-state index in [1.165, 1.54) is 32.4 Å². The van der Waals surface area contributed by atoms with E-state index in [2.05, 4.69) is 75.1 Å². The van der Waals surface area contributed by atoms with Crippen molar-refractivity contribution in [1.29, 1.82) is 0 Å². The summed E-state index contributed by atoms with van der Waals surface area (Å²) in [6, 6.07) is 22.4. The maximum atomic E-state index is 10.5. The number of aryl methyl sites for hydroxylation is 4. The Kier molecular flexibility index (Phi) is 16.1. The van der Waals surface area contributed by atoms with Crippen LogP contribution in [0.5, 0.6) is 0 Å². The Morgan fingerprint density at radius 1 is 0.587 bits per heavy atom. The third-order valence-electron chi connectivity index (χ3n) is 6.94. The van der Waals surface area contributed by atoms with Gasteiger partial charge in [-0.2, -0.15) is 0 Å². The molecule has 7 nitrogen and oxygen atoms in total. The van der Waals surface area contributed by atoms with E-state index in [0.717, 1.165) is 28.2 Å². The van der Waals surface area contributed by atoms with Gasteiger partial charge in [-0.1, -0.05) is 41.0 Å². The molecule has 0 aliphatic rings. The maximum absolute atomic E-state index is 10.5. The fraction of sp³-hybridized carbons (Fsp3) is 0.368. The second-order valence-electron chi connectivity index (χ2n) is 13.5. The molecule has 0 bridgehead atoms. The fourth-order valence-corrected chi connectivity index (χ4v) is 4.53.